The number of benzene rings is 2. The van der Waals surface area contributed by atoms with Gasteiger partial charge in [0.1, 0.15) is 11.8 Å². The van der Waals surface area contributed by atoms with Gasteiger partial charge in [0.15, 0.2) is 5.84 Å². The number of allylic oxidation sites excluding steroid dienone is 2. The third-order valence-electron chi connectivity index (χ3n) is 8.59. The minimum Gasteiger partial charge on any atom is -0.481 e. The Bertz CT molecular complexity index is 1840. The molecule has 0 amide bonds. The number of aliphatic hydroxyl groups excluding tert-OH is 1. The molecule has 2 atom stereocenters. The topological polar surface area (TPSA) is 125 Å². The Morgan fingerprint density at radius 3 is 2.74 bits per heavy atom. The Balaban J connectivity index is 1.34. The predicted molar refractivity (Wildman–Crippen MR) is 179 cm³/mol. The molecule has 0 radical (unpaired) electrons. The van der Waals surface area contributed by atoms with Crippen molar-refractivity contribution in [2.75, 3.05) is 20.3 Å². The van der Waals surface area contributed by atoms with Crippen LogP contribution in [0.1, 0.15) is 47.7 Å². The van der Waals surface area contributed by atoms with Crippen LogP contribution in [-0.2, 0) is 17.7 Å². The number of nitrogens with one attached hydrogen (secondary N) is 2. The summed E-state index contributed by atoms with van der Waals surface area (Å²) in [7, 11) is 1.59. The maximum Gasteiger partial charge on any atom is 0.218 e. The molecule has 0 saturated carbocycles. The van der Waals surface area contributed by atoms with Gasteiger partial charge in [-0.05, 0) is 68.0 Å². The number of methoxy groups -OCH3 is 1. The molecule has 1 saturated heterocycles. The van der Waals surface area contributed by atoms with Gasteiger partial charge in [-0.3, -0.25) is 4.98 Å². The number of aliphatic imine (C=N–C) groups is 1. The Labute approximate surface area is 269 Å². The van der Waals surface area contributed by atoms with E-state index < -0.39 is 6.10 Å². The summed E-state index contributed by atoms with van der Waals surface area (Å²) >= 11 is 0. The highest BCUT2D eigenvalue weighted by Gasteiger charge is 2.24. The molecule has 2 aromatic carbocycles. The molecule has 4 heterocycles. The lowest BCUT2D eigenvalue weighted by atomic mass is 9.91. The van der Waals surface area contributed by atoms with Gasteiger partial charge in [0, 0.05) is 47.8 Å². The second-order valence-corrected chi connectivity index (χ2v) is 11.6. The van der Waals surface area contributed by atoms with E-state index in [-0.39, 0.29) is 6.04 Å². The van der Waals surface area contributed by atoms with Crippen LogP contribution in [0.3, 0.4) is 0 Å². The fraction of sp³-hybridized carbons (Fsp3) is 0.297. The first-order valence-electron chi connectivity index (χ1n) is 15.6. The molecule has 2 aromatic heterocycles. The molecule has 234 valence electrons. The highest BCUT2D eigenvalue weighted by molar-refractivity contribution is 6.01. The largest absolute Gasteiger partial charge is 0.481 e. The third-order valence-corrected chi connectivity index (χ3v) is 8.59. The maximum atomic E-state index is 10.5. The molecule has 0 bridgehead atoms. The summed E-state index contributed by atoms with van der Waals surface area (Å²) in [6.07, 6.45) is 6.00. The summed E-state index contributed by atoms with van der Waals surface area (Å²) in [5.74, 6) is 1.18. The summed E-state index contributed by atoms with van der Waals surface area (Å²) in [5.41, 5.74) is 9.26. The van der Waals surface area contributed by atoms with Crippen LogP contribution in [0.5, 0.6) is 5.88 Å². The number of fused-ring (bicyclic) bond motifs is 1. The number of rotatable bonds is 7. The number of ether oxygens (including phenoxy) is 2. The molecular weight excluding hydrogens is 576 g/mol. The van der Waals surface area contributed by atoms with Gasteiger partial charge in [-0.1, -0.05) is 48.5 Å². The molecular formula is C37H38N6O3. The first kappa shape index (κ1) is 31.1. The summed E-state index contributed by atoms with van der Waals surface area (Å²) in [6.45, 7) is 5.51. The summed E-state index contributed by atoms with van der Waals surface area (Å²) in [4.78, 5) is 14.6. The molecule has 9 heteroatoms. The third kappa shape index (κ3) is 6.56. The Morgan fingerprint density at radius 2 is 1.91 bits per heavy atom. The Hall–Kier alpha value is -4.88. The number of aliphatic hydroxyl groups is 1. The number of nitriles is 1. The van der Waals surface area contributed by atoms with E-state index >= 15 is 0 Å². The molecule has 46 heavy (non-hydrogen) atoms. The Morgan fingerprint density at radius 1 is 1.09 bits per heavy atom. The van der Waals surface area contributed by atoms with E-state index in [1.165, 1.54) is 0 Å². The normalized spacial score (nSPS) is 20.0. The van der Waals surface area contributed by atoms with Crippen LogP contribution >= 0.6 is 0 Å². The molecule has 1 fully saturated rings. The average Bonchev–Trinajstić information content (AvgIpc) is 3.07. The fourth-order valence-electron chi connectivity index (χ4n) is 6.08. The van der Waals surface area contributed by atoms with Gasteiger partial charge in [0.05, 0.1) is 36.8 Å². The van der Waals surface area contributed by atoms with Gasteiger partial charge < -0.3 is 25.2 Å². The highest BCUT2D eigenvalue weighted by Crippen LogP contribution is 2.37. The summed E-state index contributed by atoms with van der Waals surface area (Å²) in [6, 6.07) is 22.1. The second-order valence-electron chi connectivity index (χ2n) is 11.6. The van der Waals surface area contributed by atoms with Crippen LogP contribution in [0.4, 0.5) is 5.69 Å². The van der Waals surface area contributed by atoms with E-state index in [0.717, 1.165) is 64.2 Å². The van der Waals surface area contributed by atoms with Gasteiger partial charge in [-0.2, -0.15) is 5.26 Å². The zero-order valence-electron chi connectivity index (χ0n) is 26.4. The zero-order chi connectivity index (χ0) is 32.0. The number of hydrogen-bond donors (Lipinski definition) is 3. The van der Waals surface area contributed by atoms with Gasteiger partial charge in [-0.15, -0.1) is 0 Å². The van der Waals surface area contributed by atoms with Crippen LogP contribution < -0.4 is 15.4 Å². The lowest BCUT2D eigenvalue weighted by molar-refractivity contribution is -0.0281. The van der Waals surface area contributed by atoms with E-state index in [9.17, 15) is 10.4 Å². The number of aryl methyl sites for hydroxylation is 1. The van der Waals surface area contributed by atoms with Gasteiger partial charge in [0.25, 0.3) is 0 Å². The van der Waals surface area contributed by atoms with Crippen molar-refractivity contribution in [1.29, 1.82) is 5.26 Å². The highest BCUT2D eigenvalue weighted by atomic mass is 16.5. The molecule has 2 aliphatic rings. The van der Waals surface area contributed by atoms with Crippen molar-refractivity contribution in [1.82, 2.24) is 20.6 Å². The van der Waals surface area contributed by atoms with Gasteiger partial charge in [0.2, 0.25) is 5.88 Å². The standard InChI is InChI=1S/C37H38N6O3/c1-23-8-4-9-25-10-7-18-39-35(25)36(41-23)42-31-14-6-11-27(24(31)2)28-12-5-13-29(30(28)20-38)32-16-15-26(37(43-32)45-3)21-40-33-17-19-46-22-34(33)44/h5-8,10-16,18,33-34,40,44H,4,9,17,19,21-22H2,1-3H3,(H,41,42)/b23-8-/t33-,34+/m1/s1. The number of nitrogens with zero attached hydrogens (tertiary/aromatic N) is 4. The molecule has 3 N–H and O–H groups in total. The van der Waals surface area contributed by atoms with Crippen LogP contribution in [0.15, 0.2) is 83.6 Å². The van der Waals surface area contributed by atoms with Crippen LogP contribution in [-0.4, -0.2) is 53.4 Å². The molecule has 9 nitrogen and oxygen atoms in total. The van der Waals surface area contributed by atoms with E-state index in [1.807, 2.05) is 68.4 Å². The minimum atomic E-state index is -0.553. The van der Waals surface area contributed by atoms with Crippen molar-refractivity contribution in [2.45, 2.75) is 51.8 Å². The fourth-order valence-corrected chi connectivity index (χ4v) is 6.08. The molecule has 0 aliphatic carbocycles. The van der Waals surface area contributed by atoms with E-state index in [2.05, 4.69) is 33.8 Å². The lowest BCUT2D eigenvalue weighted by Crippen LogP contribution is -2.46. The van der Waals surface area contributed by atoms with Crippen molar-refractivity contribution in [2.24, 2.45) is 4.99 Å². The van der Waals surface area contributed by atoms with Crippen molar-refractivity contribution in [3.63, 3.8) is 0 Å². The summed E-state index contributed by atoms with van der Waals surface area (Å²) < 4.78 is 11.0. The molecule has 0 spiro atoms. The zero-order valence-corrected chi connectivity index (χ0v) is 26.4. The number of hydrogen-bond acceptors (Lipinski definition) is 8. The molecule has 0 unspecified atom stereocenters. The average molecular weight is 615 g/mol. The summed E-state index contributed by atoms with van der Waals surface area (Å²) in [5, 5.41) is 27.6. The van der Waals surface area contributed by atoms with Crippen molar-refractivity contribution >= 4 is 11.5 Å². The smallest absolute Gasteiger partial charge is 0.218 e. The number of pyridine rings is 2. The quantitative estimate of drug-likeness (QED) is 0.240. The van der Waals surface area contributed by atoms with Crippen molar-refractivity contribution < 1.29 is 14.6 Å². The van der Waals surface area contributed by atoms with Gasteiger partial charge in [-0.25, -0.2) is 9.98 Å². The van der Waals surface area contributed by atoms with Crippen molar-refractivity contribution in [3.8, 4) is 34.3 Å². The predicted octanol–water partition coefficient (Wildman–Crippen LogP) is 5.76. The first-order valence-corrected chi connectivity index (χ1v) is 15.6. The van der Waals surface area contributed by atoms with E-state index in [4.69, 9.17) is 19.5 Å². The molecule has 6 rings (SSSR count). The second kappa shape index (κ2) is 14.0. The van der Waals surface area contributed by atoms with E-state index in [1.54, 1.807) is 13.3 Å². The van der Waals surface area contributed by atoms with Crippen LogP contribution in [0.2, 0.25) is 0 Å². The molecule has 4 aromatic rings. The minimum absolute atomic E-state index is 0.0570. The number of amidine groups is 1. The molecule has 2 aliphatic heterocycles. The lowest BCUT2D eigenvalue weighted by Gasteiger charge is -2.28. The van der Waals surface area contributed by atoms with Crippen molar-refractivity contribution in [3.05, 3.63) is 107 Å². The maximum absolute atomic E-state index is 10.5. The number of aromatic nitrogens is 2. The first-order chi connectivity index (χ1) is 22.5. The van der Waals surface area contributed by atoms with Crippen LogP contribution in [0, 0.1) is 18.3 Å². The van der Waals surface area contributed by atoms with Gasteiger partial charge >= 0.3 is 0 Å². The van der Waals surface area contributed by atoms with E-state index in [0.29, 0.717) is 48.3 Å². The monoisotopic (exact) mass is 614 g/mol. The Kier molecular flexibility index (Phi) is 9.50. The van der Waals surface area contributed by atoms with Crippen LogP contribution in [0.25, 0.3) is 22.4 Å². The SMILES string of the molecule is COc1nc(-c2cccc(-c3cccc(N=C4N/C(C)=C\CCc5cccnc54)c3C)c2C#N)ccc1CN[C@@H]1CCOC[C@@H]1O.